The van der Waals surface area contributed by atoms with Crippen molar-refractivity contribution in [2.75, 3.05) is 13.7 Å². The molecule has 1 aromatic carbocycles. The van der Waals surface area contributed by atoms with Crippen molar-refractivity contribution in [3.63, 3.8) is 0 Å². The molecule has 0 amide bonds. The number of hydrogen-bond acceptors (Lipinski definition) is 3. The molecule has 21 heavy (non-hydrogen) atoms. The van der Waals surface area contributed by atoms with Crippen LogP contribution in [0.15, 0.2) is 18.2 Å². The van der Waals surface area contributed by atoms with Gasteiger partial charge in [0, 0.05) is 24.9 Å². The SMILES string of the molecule is CNCc1cc(C)ccc1OC1CCOC2(CCCC2)C1. The summed E-state index contributed by atoms with van der Waals surface area (Å²) in [6.07, 6.45) is 7.41. The summed E-state index contributed by atoms with van der Waals surface area (Å²) in [5.74, 6) is 1.04. The third-order valence-electron chi connectivity index (χ3n) is 4.84. The maximum absolute atomic E-state index is 6.36. The predicted molar refractivity (Wildman–Crippen MR) is 84.7 cm³/mol. The molecule has 116 valence electrons. The molecule has 1 spiro atoms. The Bertz CT molecular complexity index is 480. The summed E-state index contributed by atoms with van der Waals surface area (Å²) < 4.78 is 12.5. The molecule has 3 nitrogen and oxygen atoms in total. The van der Waals surface area contributed by atoms with E-state index in [-0.39, 0.29) is 5.60 Å². The molecule has 0 radical (unpaired) electrons. The molecule has 1 atom stereocenters. The standard InChI is InChI=1S/C18H27NO2/c1-14-5-6-17(15(11-14)13-19-2)21-16-7-10-20-18(12-16)8-3-4-9-18/h5-6,11,16,19H,3-4,7-10,12-13H2,1-2H3. The van der Waals surface area contributed by atoms with Crippen molar-refractivity contribution in [1.29, 1.82) is 0 Å². The predicted octanol–water partition coefficient (Wildman–Crippen LogP) is 3.59. The largest absolute Gasteiger partial charge is 0.490 e. The number of benzene rings is 1. The van der Waals surface area contributed by atoms with Crippen molar-refractivity contribution >= 4 is 0 Å². The van der Waals surface area contributed by atoms with Gasteiger partial charge in [-0.1, -0.05) is 30.5 Å². The Kier molecular flexibility index (Phi) is 4.51. The molecule has 1 aliphatic carbocycles. The van der Waals surface area contributed by atoms with E-state index < -0.39 is 0 Å². The van der Waals surface area contributed by atoms with E-state index in [0.29, 0.717) is 6.10 Å². The summed E-state index contributed by atoms with van der Waals surface area (Å²) in [5, 5.41) is 3.23. The maximum atomic E-state index is 6.36. The quantitative estimate of drug-likeness (QED) is 0.919. The molecule has 3 rings (SSSR count). The fourth-order valence-corrected chi connectivity index (χ4v) is 3.78. The zero-order chi connectivity index (χ0) is 14.7. The van der Waals surface area contributed by atoms with Crippen LogP contribution in [-0.2, 0) is 11.3 Å². The van der Waals surface area contributed by atoms with Gasteiger partial charge in [0.15, 0.2) is 0 Å². The number of aryl methyl sites for hydroxylation is 1. The minimum Gasteiger partial charge on any atom is -0.490 e. The molecule has 1 aliphatic heterocycles. The molecule has 0 bridgehead atoms. The van der Waals surface area contributed by atoms with Crippen LogP contribution < -0.4 is 10.1 Å². The van der Waals surface area contributed by atoms with Gasteiger partial charge in [0.25, 0.3) is 0 Å². The van der Waals surface area contributed by atoms with Crippen LogP contribution in [0.5, 0.6) is 5.75 Å². The average molecular weight is 289 g/mol. The summed E-state index contributed by atoms with van der Waals surface area (Å²) >= 11 is 0. The van der Waals surface area contributed by atoms with E-state index in [1.54, 1.807) is 0 Å². The molecule has 1 aromatic rings. The van der Waals surface area contributed by atoms with Crippen LogP contribution >= 0.6 is 0 Å². The van der Waals surface area contributed by atoms with Crippen LogP contribution in [0.4, 0.5) is 0 Å². The van der Waals surface area contributed by atoms with Gasteiger partial charge < -0.3 is 14.8 Å². The van der Waals surface area contributed by atoms with Gasteiger partial charge in [-0.3, -0.25) is 0 Å². The van der Waals surface area contributed by atoms with Crippen molar-refractivity contribution in [3.05, 3.63) is 29.3 Å². The van der Waals surface area contributed by atoms with E-state index in [0.717, 1.165) is 31.7 Å². The van der Waals surface area contributed by atoms with Crippen molar-refractivity contribution in [2.45, 2.75) is 63.7 Å². The number of hydrogen-bond donors (Lipinski definition) is 1. The zero-order valence-electron chi connectivity index (χ0n) is 13.3. The van der Waals surface area contributed by atoms with E-state index in [9.17, 15) is 0 Å². The molecule has 3 heteroatoms. The second-order valence-corrected chi connectivity index (χ2v) is 6.61. The molecular formula is C18H27NO2. The zero-order valence-corrected chi connectivity index (χ0v) is 13.3. The highest BCUT2D eigenvalue weighted by atomic mass is 16.5. The first-order chi connectivity index (χ1) is 10.2. The lowest BCUT2D eigenvalue weighted by Gasteiger charge is -2.38. The van der Waals surface area contributed by atoms with Gasteiger partial charge in [-0.15, -0.1) is 0 Å². The van der Waals surface area contributed by atoms with Gasteiger partial charge in [-0.05, 0) is 32.9 Å². The van der Waals surface area contributed by atoms with Crippen LogP contribution in [0, 0.1) is 6.92 Å². The Hall–Kier alpha value is -1.06. The number of ether oxygens (including phenoxy) is 2. The second kappa shape index (κ2) is 6.37. The van der Waals surface area contributed by atoms with Crippen molar-refractivity contribution in [1.82, 2.24) is 5.32 Å². The summed E-state index contributed by atoms with van der Waals surface area (Å²) in [6.45, 7) is 3.83. The minimum absolute atomic E-state index is 0.122. The van der Waals surface area contributed by atoms with Crippen LogP contribution in [0.25, 0.3) is 0 Å². The average Bonchev–Trinajstić information content (AvgIpc) is 2.90. The molecular weight excluding hydrogens is 262 g/mol. The van der Waals surface area contributed by atoms with E-state index in [4.69, 9.17) is 9.47 Å². The summed E-state index contributed by atoms with van der Waals surface area (Å²) in [6, 6.07) is 6.48. The molecule has 1 N–H and O–H groups in total. The van der Waals surface area contributed by atoms with Crippen molar-refractivity contribution in [3.8, 4) is 5.75 Å². The van der Waals surface area contributed by atoms with E-state index in [1.807, 2.05) is 7.05 Å². The second-order valence-electron chi connectivity index (χ2n) is 6.61. The van der Waals surface area contributed by atoms with E-state index in [1.165, 1.54) is 36.8 Å². The smallest absolute Gasteiger partial charge is 0.124 e. The highest BCUT2D eigenvalue weighted by Gasteiger charge is 2.40. The van der Waals surface area contributed by atoms with Gasteiger partial charge in [0.2, 0.25) is 0 Å². The lowest BCUT2D eigenvalue weighted by molar-refractivity contribution is -0.108. The summed E-state index contributed by atoms with van der Waals surface area (Å²) in [5.41, 5.74) is 2.66. The van der Waals surface area contributed by atoms with Crippen LogP contribution in [-0.4, -0.2) is 25.4 Å². The Balaban J connectivity index is 1.71. The third kappa shape index (κ3) is 3.41. The van der Waals surface area contributed by atoms with Crippen molar-refractivity contribution < 1.29 is 9.47 Å². The van der Waals surface area contributed by atoms with E-state index >= 15 is 0 Å². The van der Waals surface area contributed by atoms with Crippen LogP contribution in [0.1, 0.15) is 49.7 Å². The molecule has 1 saturated heterocycles. The lowest BCUT2D eigenvalue weighted by atomic mass is 9.90. The summed E-state index contributed by atoms with van der Waals surface area (Å²) in [7, 11) is 1.98. The van der Waals surface area contributed by atoms with Gasteiger partial charge in [0.1, 0.15) is 11.9 Å². The minimum atomic E-state index is 0.122. The van der Waals surface area contributed by atoms with Gasteiger partial charge in [0.05, 0.1) is 12.2 Å². The molecule has 1 heterocycles. The van der Waals surface area contributed by atoms with Crippen molar-refractivity contribution in [2.24, 2.45) is 0 Å². The first-order valence-corrected chi connectivity index (χ1v) is 8.25. The summed E-state index contributed by atoms with van der Waals surface area (Å²) in [4.78, 5) is 0. The molecule has 1 saturated carbocycles. The van der Waals surface area contributed by atoms with Gasteiger partial charge in [-0.2, -0.15) is 0 Å². The normalized spacial score (nSPS) is 24.4. The lowest BCUT2D eigenvalue weighted by Crippen LogP contribution is -2.41. The Morgan fingerprint density at radius 1 is 1.33 bits per heavy atom. The Morgan fingerprint density at radius 2 is 2.14 bits per heavy atom. The van der Waals surface area contributed by atoms with Gasteiger partial charge in [-0.25, -0.2) is 0 Å². The maximum Gasteiger partial charge on any atom is 0.124 e. The molecule has 2 aliphatic rings. The van der Waals surface area contributed by atoms with Crippen LogP contribution in [0.2, 0.25) is 0 Å². The first kappa shape index (κ1) is 14.9. The Morgan fingerprint density at radius 3 is 2.90 bits per heavy atom. The number of nitrogens with one attached hydrogen (secondary N) is 1. The fraction of sp³-hybridized carbons (Fsp3) is 0.667. The molecule has 0 aromatic heterocycles. The first-order valence-electron chi connectivity index (χ1n) is 8.25. The molecule has 1 unspecified atom stereocenters. The highest BCUT2D eigenvalue weighted by molar-refractivity contribution is 5.37. The monoisotopic (exact) mass is 289 g/mol. The molecule has 2 fully saturated rings. The fourth-order valence-electron chi connectivity index (χ4n) is 3.78. The van der Waals surface area contributed by atoms with E-state index in [2.05, 4.69) is 30.4 Å². The van der Waals surface area contributed by atoms with Gasteiger partial charge >= 0.3 is 0 Å². The Labute approximate surface area is 128 Å². The third-order valence-corrected chi connectivity index (χ3v) is 4.84. The topological polar surface area (TPSA) is 30.5 Å². The highest BCUT2D eigenvalue weighted by Crippen LogP contribution is 2.41. The number of rotatable bonds is 4. The van der Waals surface area contributed by atoms with Crippen LogP contribution in [0.3, 0.4) is 0 Å².